The summed E-state index contributed by atoms with van der Waals surface area (Å²) >= 11 is 0. The van der Waals surface area contributed by atoms with E-state index in [1.165, 1.54) is 35.9 Å². The molecule has 0 saturated heterocycles. The molecule has 0 fully saturated rings. The summed E-state index contributed by atoms with van der Waals surface area (Å²) in [5, 5.41) is 19.1. The Hall–Kier alpha value is -5.02. The number of carbonyl (C=O) groups excluding carboxylic acids is 1. The molecule has 1 amide bonds. The van der Waals surface area contributed by atoms with Crippen LogP contribution in [0.25, 0.3) is 6.08 Å². The van der Waals surface area contributed by atoms with Crippen molar-refractivity contribution in [3.05, 3.63) is 137 Å². The number of hydrogen-bond donors (Lipinski definition) is 1. The van der Waals surface area contributed by atoms with Crippen LogP contribution in [0.1, 0.15) is 29.2 Å². The number of amides is 1. The van der Waals surface area contributed by atoms with Gasteiger partial charge in [0.2, 0.25) is 0 Å². The normalized spacial score (nSPS) is 15.1. The van der Waals surface area contributed by atoms with Gasteiger partial charge in [-0.2, -0.15) is 10.4 Å². The fraction of sp³-hybridized carbons (Fsp3) is 0.0645. The van der Waals surface area contributed by atoms with Gasteiger partial charge >= 0.3 is 0 Å². The van der Waals surface area contributed by atoms with E-state index in [2.05, 4.69) is 29.6 Å². The number of nitriles is 1. The number of benzene rings is 4. The molecule has 1 aliphatic heterocycles. The molecule has 0 aliphatic carbocycles. The van der Waals surface area contributed by atoms with Crippen molar-refractivity contribution in [3.8, 4) is 6.07 Å². The Kier molecular flexibility index (Phi) is 6.87. The molecule has 4 aromatic carbocycles. The maximum atomic E-state index is 13.1. The summed E-state index contributed by atoms with van der Waals surface area (Å²) in [6, 6.07) is 35.4. The van der Waals surface area contributed by atoms with E-state index < -0.39 is 11.7 Å². The standard InChI is InChI=1S/C31H23FN4O/c32-26-13-15-27(16-14-26)34-31(37)25(21-33)19-22-11-17-28(18-12-22)36-30(24-9-5-2-6-10-24)20-29(35-36)23-7-3-1-4-8-23/h1-19,30H,20H2,(H,34,37). The predicted molar refractivity (Wildman–Crippen MR) is 144 cm³/mol. The summed E-state index contributed by atoms with van der Waals surface area (Å²) in [7, 11) is 0. The van der Waals surface area contributed by atoms with Crippen LogP contribution < -0.4 is 10.3 Å². The lowest BCUT2D eigenvalue weighted by Gasteiger charge is -2.24. The number of nitrogens with zero attached hydrogens (tertiary/aromatic N) is 3. The van der Waals surface area contributed by atoms with Gasteiger partial charge in [0.25, 0.3) is 5.91 Å². The minimum Gasteiger partial charge on any atom is -0.321 e. The summed E-state index contributed by atoms with van der Waals surface area (Å²) in [6.07, 6.45) is 2.30. The van der Waals surface area contributed by atoms with Crippen LogP contribution in [0.3, 0.4) is 0 Å². The Morgan fingerprint density at radius 2 is 1.57 bits per heavy atom. The highest BCUT2D eigenvalue weighted by Gasteiger charge is 2.29. The second-order valence-electron chi connectivity index (χ2n) is 8.61. The maximum Gasteiger partial charge on any atom is 0.266 e. The zero-order chi connectivity index (χ0) is 25.6. The van der Waals surface area contributed by atoms with E-state index in [1.54, 1.807) is 0 Å². The van der Waals surface area contributed by atoms with E-state index in [0.717, 1.165) is 23.4 Å². The number of hydrogen-bond acceptors (Lipinski definition) is 4. The van der Waals surface area contributed by atoms with E-state index >= 15 is 0 Å². The number of carbonyl (C=O) groups is 1. The molecule has 5 nitrogen and oxygen atoms in total. The van der Waals surface area contributed by atoms with E-state index in [-0.39, 0.29) is 11.6 Å². The Morgan fingerprint density at radius 3 is 2.22 bits per heavy atom. The first kappa shape index (κ1) is 23.7. The Labute approximate surface area is 214 Å². The van der Waals surface area contributed by atoms with Crippen LogP contribution in [0.4, 0.5) is 15.8 Å². The summed E-state index contributed by atoms with van der Waals surface area (Å²) in [5.74, 6) is -0.958. The molecule has 5 rings (SSSR count). The van der Waals surface area contributed by atoms with Gasteiger partial charge in [0.15, 0.2) is 0 Å². The molecule has 1 atom stereocenters. The molecule has 0 aromatic heterocycles. The molecule has 0 radical (unpaired) electrons. The fourth-order valence-corrected chi connectivity index (χ4v) is 4.26. The first-order chi connectivity index (χ1) is 18.1. The second kappa shape index (κ2) is 10.7. The van der Waals surface area contributed by atoms with Crippen molar-refractivity contribution in [1.29, 1.82) is 5.26 Å². The molecular weight excluding hydrogens is 463 g/mol. The summed E-state index contributed by atoms with van der Waals surface area (Å²) in [4.78, 5) is 12.6. The SMILES string of the molecule is N#CC(=Cc1ccc(N2N=C(c3ccccc3)CC2c2ccccc2)cc1)C(=O)Nc1ccc(F)cc1. The smallest absolute Gasteiger partial charge is 0.266 e. The fourth-order valence-electron chi connectivity index (χ4n) is 4.26. The quantitative estimate of drug-likeness (QED) is 0.243. The van der Waals surface area contributed by atoms with Gasteiger partial charge in [0, 0.05) is 12.1 Å². The monoisotopic (exact) mass is 486 g/mol. The Bertz CT molecular complexity index is 1490. The third-order valence-corrected chi connectivity index (χ3v) is 6.14. The molecule has 0 spiro atoms. The van der Waals surface area contributed by atoms with Crippen molar-refractivity contribution in [2.24, 2.45) is 5.10 Å². The van der Waals surface area contributed by atoms with Gasteiger partial charge in [0.1, 0.15) is 17.5 Å². The van der Waals surface area contributed by atoms with Crippen molar-refractivity contribution in [2.75, 3.05) is 10.3 Å². The van der Waals surface area contributed by atoms with Crippen LogP contribution in [-0.4, -0.2) is 11.6 Å². The highest BCUT2D eigenvalue weighted by Crippen LogP contribution is 2.36. The molecule has 0 saturated carbocycles. The van der Waals surface area contributed by atoms with Crippen molar-refractivity contribution >= 4 is 29.1 Å². The molecule has 6 heteroatoms. The van der Waals surface area contributed by atoms with Crippen LogP contribution in [0.5, 0.6) is 0 Å². The summed E-state index contributed by atoms with van der Waals surface area (Å²) < 4.78 is 13.1. The van der Waals surface area contributed by atoms with Crippen LogP contribution >= 0.6 is 0 Å². The van der Waals surface area contributed by atoms with Crippen LogP contribution in [0.2, 0.25) is 0 Å². The van der Waals surface area contributed by atoms with E-state index in [9.17, 15) is 14.4 Å². The molecule has 1 heterocycles. The van der Waals surface area contributed by atoms with E-state index in [4.69, 9.17) is 5.10 Å². The maximum absolute atomic E-state index is 13.1. The largest absolute Gasteiger partial charge is 0.321 e. The molecule has 0 bridgehead atoms. The van der Waals surface area contributed by atoms with Crippen molar-refractivity contribution in [1.82, 2.24) is 0 Å². The van der Waals surface area contributed by atoms with Gasteiger partial charge in [-0.1, -0.05) is 72.8 Å². The third-order valence-electron chi connectivity index (χ3n) is 6.14. The van der Waals surface area contributed by atoms with Gasteiger partial charge in [-0.05, 0) is 59.2 Å². The van der Waals surface area contributed by atoms with E-state index in [0.29, 0.717) is 11.3 Å². The van der Waals surface area contributed by atoms with Crippen molar-refractivity contribution in [2.45, 2.75) is 12.5 Å². The number of halogens is 1. The van der Waals surface area contributed by atoms with Crippen LogP contribution in [-0.2, 0) is 4.79 Å². The lowest BCUT2D eigenvalue weighted by atomic mass is 9.98. The average Bonchev–Trinajstić information content (AvgIpc) is 3.40. The first-order valence-corrected chi connectivity index (χ1v) is 11.9. The minimum atomic E-state index is -0.557. The highest BCUT2D eigenvalue weighted by molar-refractivity contribution is 6.09. The lowest BCUT2D eigenvalue weighted by molar-refractivity contribution is -0.112. The second-order valence-corrected chi connectivity index (χ2v) is 8.61. The van der Waals surface area contributed by atoms with Crippen molar-refractivity contribution < 1.29 is 9.18 Å². The average molecular weight is 487 g/mol. The number of anilines is 2. The van der Waals surface area contributed by atoms with Crippen LogP contribution in [0.15, 0.2) is 120 Å². The third kappa shape index (κ3) is 5.47. The van der Waals surface area contributed by atoms with Gasteiger partial charge in [-0.15, -0.1) is 0 Å². The molecule has 1 aliphatic rings. The summed E-state index contributed by atoms with van der Waals surface area (Å²) in [6.45, 7) is 0. The molecule has 1 N–H and O–H groups in total. The molecular formula is C31H23FN4O. The highest BCUT2D eigenvalue weighted by atomic mass is 19.1. The Morgan fingerprint density at radius 1 is 0.919 bits per heavy atom. The van der Waals surface area contributed by atoms with Gasteiger partial charge in [-0.3, -0.25) is 9.80 Å². The number of nitrogens with one attached hydrogen (secondary N) is 1. The molecule has 37 heavy (non-hydrogen) atoms. The number of hydrazone groups is 1. The summed E-state index contributed by atoms with van der Waals surface area (Å²) in [5.41, 5.74) is 5.26. The zero-order valence-corrected chi connectivity index (χ0v) is 19.9. The topological polar surface area (TPSA) is 68.5 Å². The van der Waals surface area contributed by atoms with E-state index in [1.807, 2.05) is 71.7 Å². The Balaban J connectivity index is 1.39. The minimum absolute atomic E-state index is 0.0500. The molecule has 4 aromatic rings. The van der Waals surface area contributed by atoms with Gasteiger partial charge in [0.05, 0.1) is 17.4 Å². The first-order valence-electron chi connectivity index (χ1n) is 11.9. The predicted octanol–water partition coefficient (Wildman–Crippen LogP) is 6.73. The molecule has 1 unspecified atom stereocenters. The van der Waals surface area contributed by atoms with Crippen LogP contribution in [0, 0.1) is 17.1 Å². The van der Waals surface area contributed by atoms with Gasteiger partial charge < -0.3 is 5.32 Å². The molecule has 180 valence electrons. The number of rotatable bonds is 6. The zero-order valence-electron chi connectivity index (χ0n) is 19.9. The van der Waals surface area contributed by atoms with Gasteiger partial charge in [-0.25, -0.2) is 4.39 Å². The van der Waals surface area contributed by atoms with Crippen molar-refractivity contribution in [3.63, 3.8) is 0 Å². The lowest BCUT2D eigenvalue weighted by Crippen LogP contribution is -2.18.